The molecule has 2 heterocycles. The van der Waals surface area contributed by atoms with Gasteiger partial charge in [0.05, 0.1) is 11.1 Å². The van der Waals surface area contributed by atoms with Crippen LogP contribution in [0.15, 0.2) is 12.1 Å². The molecular formula is C17H21FN4O4. The van der Waals surface area contributed by atoms with Gasteiger partial charge in [-0.25, -0.2) is 18.7 Å². The van der Waals surface area contributed by atoms with Crippen LogP contribution in [-0.4, -0.2) is 55.8 Å². The van der Waals surface area contributed by atoms with E-state index in [1.165, 1.54) is 6.07 Å². The number of carboxylic acids is 1. The maximum absolute atomic E-state index is 13.9. The first-order chi connectivity index (χ1) is 12.1. The van der Waals surface area contributed by atoms with Gasteiger partial charge in [0, 0.05) is 25.7 Å². The van der Waals surface area contributed by atoms with Crippen molar-refractivity contribution in [3.8, 4) is 0 Å². The molecule has 2 aromatic rings. The van der Waals surface area contributed by atoms with E-state index in [-0.39, 0.29) is 12.0 Å². The summed E-state index contributed by atoms with van der Waals surface area (Å²) >= 11 is 0. The van der Waals surface area contributed by atoms with E-state index in [0.29, 0.717) is 30.7 Å². The summed E-state index contributed by atoms with van der Waals surface area (Å²) in [6.45, 7) is 7.02. The number of amides is 1. The van der Waals surface area contributed by atoms with Crippen molar-refractivity contribution in [2.75, 3.05) is 13.1 Å². The van der Waals surface area contributed by atoms with E-state index in [9.17, 15) is 14.0 Å². The lowest BCUT2D eigenvalue weighted by Crippen LogP contribution is -2.35. The number of rotatable bonds is 3. The van der Waals surface area contributed by atoms with Gasteiger partial charge < -0.3 is 14.7 Å². The molecule has 1 aromatic carbocycles. The molecule has 0 radical (unpaired) electrons. The molecule has 1 atom stereocenters. The Morgan fingerprint density at radius 1 is 1.38 bits per heavy atom. The predicted molar refractivity (Wildman–Crippen MR) is 90.4 cm³/mol. The SMILES string of the molecule is CC(C)(C)OC(=O)N1CCC(Cn2nnc3cc(C(=O)O)c(F)cc32)C1. The highest BCUT2D eigenvalue weighted by Crippen LogP contribution is 2.23. The second kappa shape index (κ2) is 6.54. The standard InChI is InChI=1S/C17H21FN4O4/c1-17(2,3)26-16(25)21-5-4-10(8-21)9-22-14-7-12(18)11(15(23)24)6-13(14)19-20-22/h6-7,10H,4-5,8-9H2,1-3H3,(H,23,24). The number of carboxylic acid groups (broad SMARTS) is 1. The highest BCUT2D eigenvalue weighted by Gasteiger charge is 2.30. The monoisotopic (exact) mass is 364 g/mol. The highest BCUT2D eigenvalue weighted by molar-refractivity contribution is 5.92. The Balaban J connectivity index is 1.71. The van der Waals surface area contributed by atoms with Crippen LogP contribution >= 0.6 is 0 Å². The summed E-state index contributed by atoms with van der Waals surface area (Å²) in [5.41, 5.74) is -0.216. The molecule has 140 valence electrons. The molecule has 1 fully saturated rings. The lowest BCUT2D eigenvalue weighted by molar-refractivity contribution is 0.0286. The van der Waals surface area contributed by atoms with Gasteiger partial charge in [-0.05, 0) is 39.2 Å². The second-order valence-corrected chi connectivity index (χ2v) is 7.48. The molecule has 0 spiro atoms. The molecule has 9 heteroatoms. The summed E-state index contributed by atoms with van der Waals surface area (Å²) in [4.78, 5) is 24.8. The Bertz CT molecular complexity index is 858. The average Bonchev–Trinajstić information content (AvgIpc) is 3.13. The van der Waals surface area contributed by atoms with Crippen LogP contribution in [0, 0.1) is 11.7 Å². The van der Waals surface area contributed by atoms with Crippen LogP contribution in [0.25, 0.3) is 11.0 Å². The van der Waals surface area contributed by atoms with Gasteiger partial charge in [-0.1, -0.05) is 5.21 Å². The van der Waals surface area contributed by atoms with Crippen LogP contribution in [0.5, 0.6) is 0 Å². The Kier molecular flexibility index (Phi) is 4.55. The average molecular weight is 364 g/mol. The number of nitrogens with zero attached hydrogens (tertiary/aromatic N) is 4. The first kappa shape index (κ1) is 18.1. The van der Waals surface area contributed by atoms with Gasteiger partial charge in [0.15, 0.2) is 0 Å². The van der Waals surface area contributed by atoms with E-state index in [2.05, 4.69) is 10.3 Å². The fourth-order valence-electron chi connectivity index (χ4n) is 3.01. The van der Waals surface area contributed by atoms with Crippen LogP contribution < -0.4 is 0 Å². The lowest BCUT2D eigenvalue weighted by atomic mass is 10.1. The van der Waals surface area contributed by atoms with Gasteiger partial charge >= 0.3 is 12.1 Å². The molecule has 0 bridgehead atoms. The van der Waals surface area contributed by atoms with E-state index in [4.69, 9.17) is 9.84 Å². The Labute approximate surface area is 149 Å². The quantitative estimate of drug-likeness (QED) is 0.899. The minimum atomic E-state index is -1.34. The molecule has 1 N–H and O–H groups in total. The van der Waals surface area contributed by atoms with Crippen LogP contribution in [0.4, 0.5) is 9.18 Å². The molecule has 0 saturated carbocycles. The molecule has 0 aliphatic carbocycles. The van der Waals surface area contributed by atoms with Crippen molar-refractivity contribution in [2.45, 2.75) is 39.3 Å². The van der Waals surface area contributed by atoms with Gasteiger partial charge in [-0.2, -0.15) is 0 Å². The van der Waals surface area contributed by atoms with E-state index in [0.717, 1.165) is 12.5 Å². The van der Waals surface area contributed by atoms with Crippen molar-refractivity contribution < 1.29 is 23.8 Å². The van der Waals surface area contributed by atoms with Crippen molar-refractivity contribution in [1.82, 2.24) is 19.9 Å². The van der Waals surface area contributed by atoms with E-state index >= 15 is 0 Å². The second-order valence-electron chi connectivity index (χ2n) is 7.48. The molecule has 1 amide bonds. The first-order valence-corrected chi connectivity index (χ1v) is 8.38. The maximum Gasteiger partial charge on any atom is 0.410 e. The smallest absolute Gasteiger partial charge is 0.410 e. The van der Waals surface area contributed by atoms with Gasteiger partial charge in [-0.15, -0.1) is 5.10 Å². The fraction of sp³-hybridized carbons (Fsp3) is 0.529. The first-order valence-electron chi connectivity index (χ1n) is 8.38. The third kappa shape index (κ3) is 3.76. The summed E-state index contributed by atoms with van der Waals surface area (Å²) in [5.74, 6) is -2.03. The number of ether oxygens (including phenoxy) is 1. The molecule has 3 rings (SSSR count). The zero-order valence-electron chi connectivity index (χ0n) is 14.9. The molecule has 1 aliphatic heterocycles. The van der Waals surface area contributed by atoms with Gasteiger partial charge in [0.1, 0.15) is 16.9 Å². The Hall–Kier alpha value is -2.71. The molecule has 26 heavy (non-hydrogen) atoms. The lowest BCUT2D eigenvalue weighted by Gasteiger charge is -2.24. The zero-order valence-corrected chi connectivity index (χ0v) is 14.9. The van der Waals surface area contributed by atoms with E-state index < -0.39 is 23.0 Å². The molecule has 8 nitrogen and oxygen atoms in total. The summed E-state index contributed by atoms with van der Waals surface area (Å²) in [6.07, 6.45) is 0.427. The third-order valence-corrected chi connectivity index (χ3v) is 4.20. The number of carbonyl (C=O) groups excluding carboxylic acids is 1. The number of carbonyl (C=O) groups is 2. The number of halogens is 1. The van der Waals surface area contributed by atoms with Crippen molar-refractivity contribution >= 4 is 23.1 Å². The summed E-state index contributed by atoms with van der Waals surface area (Å²) < 4.78 is 20.9. The minimum absolute atomic E-state index is 0.134. The highest BCUT2D eigenvalue weighted by atomic mass is 19.1. The van der Waals surface area contributed by atoms with Crippen molar-refractivity contribution in [1.29, 1.82) is 0 Å². The van der Waals surface area contributed by atoms with Crippen LogP contribution in [0.1, 0.15) is 37.6 Å². The minimum Gasteiger partial charge on any atom is -0.478 e. The Morgan fingerprint density at radius 3 is 2.77 bits per heavy atom. The fourth-order valence-corrected chi connectivity index (χ4v) is 3.01. The number of fused-ring (bicyclic) bond motifs is 1. The molecule has 1 saturated heterocycles. The Morgan fingerprint density at radius 2 is 2.12 bits per heavy atom. The van der Waals surface area contributed by atoms with Gasteiger partial charge in [-0.3, -0.25) is 0 Å². The molecule has 1 aliphatic rings. The molecule has 1 aromatic heterocycles. The summed E-state index contributed by atoms with van der Waals surface area (Å²) in [6, 6.07) is 2.32. The zero-order chi connectivity index (χ0) is 19.1. The number of hydrogen-bond donors (Lipinski definition) is 1. The number of aromatic nitrogens is 3. The van der Waals surface area contributed by atoms with Crippen LogP contribution in [-0.2, 0) is 11.3 Å². The molecular weight excluding hydrogens is 343 g/mol. The third-order valence-electron chi connectivity index (χ3n) is 4.20. The summed E-state index contributed by atoms with van der Waals surface area (Å²) in [7, 11) is 0. The van der Waals surface area contributed by atoms with E-state index in [1.54, 1.807) is 9.58 Å². The van der Waals surface area contributed by atoms with Gasteiger partial charge in [0.2, 0.25) is 0 Å². The summed E-state index contributed by atoms with van der Waals surface area (Å²) in [5, 5.41) is 16.9. The number of hydrogen-bond acceptors (Lipinski definition) is 5. The van der Waals surface area contributed by atoms with Gasteiger partial charge in [0.25, 0.3) is 0 Å². The maximum atomic E-state index is 13.9. The number of aromatic carboxylic acids is 1. The molecule has 1 unspecified atom stereocenters. The number of likely N-dealkylation sites (tertiary alicyclic amines) is 1. The van der Waals surface area contributed by atoms with Crippen molar-refractivity contribution in [2.24, 2.45) is 5.92 Å². The number of benzene rings is 1. The van der Waals surface area contributed by atoms with Crippen LogP contribution in [0.3, 0.4) is 0 Å². The predicted octanol–water partition coefficient (Wildman–Crippen LogP) is 2.53. The largest absolute Gasteiger partial charge is 0.478 e. The van der Waals surface area contributed by atoms with Crippen LogP contribution in [0.2, 0.25) is 0 Å². The normalized spacial score (nSPS) is 17.7. The van der Waals surface area contributed by atoms with Crippen molar-refractivity contribution in [3.63, 3.8) is 0 Å². The van der Waals surface area contributed by atoms with E-state index in [1.807, 2.05) is 20.8 Å². The van der Waals surface area contributed by atoms with Crippen molar-refractivity contribution in [3.05, 3.63) is 23.5 Å². The topological polar surface area (TPSA) is 97.5 Å².